The maximum absolute atomic E-state index is 10.6. The first-order valence-corrected chi connectivity index (χ1v) is 3.72. The van der Waals surface area contributed by atoms with Crippen molar-refractivity contribution in [3.63, 3.8) is 0 Å². The molecule has 88 valence electrons. The third kappa shape index (κ3) is 10.3. The second kappa shape index (κ2) is 10.5. The van der Waals surface area contributed by atoms with Gasteiger partial charge in [0.05, 0.1) is 0 Å². The van der Waals surface area contributed by atoms with Crippen molar-refractivity contribution in [2.75, 3.05) is 6.61 Å². The van der Waals surface area contributed by atoms with Crippen molar-refractivity contribution in [3.8, 4) is 0 Å². The Morgan fingerprint density at radius 1 is 1.20 bits per heavy atom. The smallest absolute Gasteiger partial charge is 0.330 e. The van der Waals surface area contributed by atoms with Crippen molar-refractivity contribution in [2.24, 2.45) is 0 Å². The van der Waals surface area contributed by atoms with Gasteiger partial charge in [0, 0.05) is 12.2 Å². The number of carbonyl (C=O) groups is 2. The van der Waals surface area contributed by atoms with Crippen molar-refractivity contribution >= 4 is 11.9 Å². The van der Waals surface area contributed by atoms with Crippen molar-refractivity contribution in [3.05, 3.63) is 25.3 Å². The van der Waals surface area contributed by atoms with Gasteiger partial charge in [-0.2, -0.15) is 0 Å². The van der Waals surface area contributed by atoms with E-state index in [1.54, 1.807) is 6.92 Å². The van der Waals surface area contributed by atoms with Gasteiger partial charge in [0.25, 0.3) is 0 Å². The van der Waals surface area contributed by atoms with E-state index < -0.39 is 18.0 Å². The van der Waals surface area contributed by atoms with Crippen LogP contribution in [0.2, 0.25) is 0 Å². The summed E-state index contributed by atoms with van der Waals surface area (Å²) in [6.07, 6.45) is 1.61. The molecule has 1 unspecified atom stereocenters. The van der Waals surface area contributed by atoms with E-state index in [4.69, 9.17) is 4.74 Å². The normalized spacial score (nSPS) is 9.67. The molecular formula is C11H20O4. The molecule has 0 spiro atoms. The van der Waals surface area contributed by atoms with E-state index in [0.717, 1.165) is 12.2 Å². The molecule has 0 aromatic rings. The minimum absolute atomic E-state index is 0. The van der Waals surface area contributed by atoms with Gasteiger partial charge in [-0.1, -0.05) is 28.0 Å². The van der Waals surface area contributed by atoms with E-state index in [2.05, 4.69) is 17.9 Å². The molecule has 0 N–H and O–H groups in total. The lowest BCUT2D eigenvalue weighted by Gasteiger charge is -2.10. The molecule has 0 saturated heterocycles. The summed E-state index contributed by atoms with van der Waals surface area (Å²) in [5.41, 5.74) is 0. The topological polar surface area (TPSA) is 52.6 Å². The molecule has 1 atom stereocenters. The highest BCUT2D eigenvalue weighted by molar-refractivity contribution is 5.82. The van der Waals surface area contributed by atoms with Gasteiger partial charge in [-0.25, -0.2) is 9.59 Å². The molecule has 0 amide bonds. The maximum atomic E-state index is 10.6. The average molecular weight is 216 g/mol. The number of ether oxygens (including phenoxy) is 2. The zero-order chi connectivity index (χ0) is 10.3. The van der Waals surface area contributed by atoms with Crippen LogP contribution in [-0.2, 0) is 19.1 Å². The van der Waals surface area contributed by atoms with Crippen molar-refractivity contribution in [1.82, 2.24) is 0 Å². The Labute approximate surface area is 91.6 Å². The van der Waals surface area contributed by atoms with E-state index >= 15 is 0 Å². The van der Waals surface area contributed by atoms with Gasteiger partial charge in [0.2, 0.25) is 0 Å². The lowest BCUT2D eigenvalue weighted by Crippen LogP contribution is -2.20. The lowest BCUT2D eigenvalue weighted by molar-refractivity contribution is -0.151. The van der Waals surface area contributed by atoms with Crippen molar-refractivity contribution < 1.29 is 19.1 Å². The Kier molecular flexibility index (Phi) is 13.3. The van der Waals surface area contributed by atoms with Gasteiger partial charge in [0.15, 0.2) is 0 Å². The Hall–Kier alpha value is -1.58. The molecule has 0 radical (unpaired) electrons. The molecule has 15 heavy (non-hydrogen) atoms. The van der Waals surface area contributed by atoms with Crippen LogP contribution in [0.1, 0.15) is 21.8 Å². The fraction of sp³-hybridized carbons (Fsp3) is 0.455. The lowest BCUT2D eigenvalue weighted by atomic mass is 10.4. The zero-order valence-corrected chi connectivity index (χ0v) is 7.49. The van der Waals surface area contributed by atoms with E-state index in [9.17, 15) is 9.59 Å². The van der Waals surface area contributed by atoms with Crippen LogP contribution < -0.4 is 0 Å². The van der Waals surface area contributed by atoms with Crippen LogP contribution in [0.25, 0.3) is 0 Å². The molecule has 0 saturated carbocycles. The van der Waals surface area contributed by atoms with E-state index in [0.29, 0.717) is 0 Å². The summed E-state index contributed by atoms with van der Waals surface area (Å²) in [5.74, 6) is -1.08. The summed E-state index contributed by atoms with van der Waals surface area (Å²) in [6, 6.07) is 0. The van der Waals surface area contributed by atoms with E-state index in [1.807, 2.05) is 0 Å². The van der Waals surface area contributed by atoms with Crippen LogP contribution in [0.4, 0.5) is 0 Å². The number of carbonyl (C=O) groups excluding carboxylic acids is 2. The minimum Gasteiger partial charge on any atom is -0.459 e. The molecule has 0 rings (SSSR count). The Bertz CT molecular complexity index is 221. The van der Waals surface area contributed by atoms with Gasteiger partial charge in [0.1, 0.15) is 12.7 Å². The SMILES string of the molecule is C.C.C=CC(=O)OCC(C)OC(=O)C=C. The first kappa shape index (κ1) is 19.1. The fourth-order valence-electron chi connectivity index (χ4n) is 0.539. The van der Waals surface area contributed by atoms with Gasteiger partial charge in [-0.3, -0.25) is 0 Å². The third-order valence-electron chi connectivity index (χ3n) is 1.11. The Morgan fingerprint density at radius 3 is 2.07 bits per heavy atom. The number of esters is 2. The molecular weight excluding hydrogens is 196 g/mol. The van der Waals surface area contributed by atoms with Gasteiger partial charge in [-0.15, -0.1) is 0 Å². The molecule has 0 heterocycles. The number of hydrogen-bond donors (Lipinski definition) is 0. The summed E-state index contributed by atoms with van der Waals surface area (Å²) >= 11 is 0. The van der Waals surface area contributed by atoms with Crippen LogP contribution in [-0.4, -0.2) is 24.6 Å². The maximum Gasteiger partial charge on any atom is 0.330 e. The van der Waals surface area contributed by atoms with Crippen LogP contribution in [0, 0.1) is 0 Å². The predicted octanol–water partition coefficient (Wildman–Crippen LogP) is 2.11. The second-order valence-electron chi connectivity index (χ2n) is 2.29. The van der Waals surface area contributed by atoms with Gasteiger partial charge in [-0.05, 0) is 6.92 Å². The summed E-state index contributed by atoms with van der Waals surface area (Å²) in [4.78, 5) is 21.2. The molecule has 0 aliphatic heterocycles. The standard InChI is InChI=1S/C9H12O4.2CH4/c1-4-8(10)12-6-7(3)13-9(11)5-2;;/h4-5,7H,1-2,6H2,3H3;2*1H4. The highest BCUT2D eigenvalue weighted by Gasteiger charge is 2.07. The minimum atomic E-state index is -0.540. The second-order valence-corrected chi connectivity index (χ2v) is 2.29. The number of hydrogen-bond acceptors (Lipinski definition) is 4. The van der Waals surface area contributed by atoms with E-state index in [-0.39, 0.29) is 21.5 Å². The molecule has 0 aromatic carbocycles. The highest BCUT2D eigenvalue weighted by atomic mass is 16.6. The quantitative estimate of drug-likeness (QED) is 0.521. The van der Waals surface area contributed by atoms with E-state index in [1.165, 1.54) is 0 Å². The first-order valence-electron chi connectivity index (χ1n) is 3.72. The van der Waals surface area contributed by atoms with Gasteiger partial charge >= 0.3 is 11.9 Å². The molecule has 0 bridgehead atoms. The largest absolute Gasteiger partial charge is 0.459 e. The summed E-state index contributed by atoms with van der Waals surface area (Å²) in [6.45, 7) is 8.07. The summed E-state index contributed by atoms with van der Waals surface area (Å²) < 4.78 is 9.36. The predicted molar refractivity (Wildman–Crippen MR) is 60.4 cm³/mol. The molecule has 0 aliphatic rings. The number of rotatable bonds is 5. The molecule has 0 aromatic heterocycles. The van der Waals surface area contributed by atoms with Crippen LogP contribution in [0.15, 0.2) is 25.3 Å². The molecule has 4 heteroatoms. The van der Waals surface area contributed by atoms with Gasteiger partial charge < -0.3 is 9.47 Å². The summed E-state index contributed by atoms with van der Waals surface area (Å²) in [5, 5.41) is 0. The first-order chi connectivity index (χ1) is 6.10. The van der Waals surface area contributed by atoms with Crippen molar-refractivity contribution in [2.45, 2.75) is 27.9 Å². The molecule has 4 nitrogen and oxygen atoms in total. The molecule has 0 fully saturated rings. The van der Waals surface area contributed by atoms with Crippen LogP contribution >= 0.6 is 0 Å². The van der Waals surface area contributed by atoms with Crippen LogP contribution in [0.3, 0.4) is 0 Å². The Balaban J connectivity index is -0.000000720. The summed E-state index contributed by atoms with van der Waals surface area (Å²) in [7, 11) is 0. The molecule has 0 aliphatic carbocycles. The fourth-order valence-corrected chi connectivity index (χ4v) is 0.539. The highest BCUT2D eigenvalue weighted by Crippen LogP contribution is 1.94. The zero-order valence-electron chi connectivity index (χ0n) is 7.49. The average Bonchev–Trinajstić information content (AvgIpc) is 2.13. The monoisotopic (exact) mass is 216 g/mol. The third-order valence-corrected chi connectivity index (χ3v) is 1.11. The van der Waals surface area contributed by atoms with Crippen molar-refractivity contribution in [1.29, 1.82) is 0 Å². The van der Waals surface area contributed by atoms with Crippen LogP contribution in [0.5, 0.6) is 0 Å². The Morgan fingerprint density at radius 2 is 1.67 bits per heavy atom.